The third kappa shape index (κ3) is 2.98. The molecule has 2 aromatic carbocycles. The maximum Gasteiger partial charge on any atom is 0.279 e. The molecule has 23 heavy (non-hydrogen) atoms. The van der Waals surface area contributed by atoms with E-state index in [9.17, 15) is 14.7 Å². The van der Waals surface area contributed by atoms with E-state index in [0.29, 0.717) is 5.69 Å². The van der Waals surface area contributed by atoms with Crippen molar-refractivity contribution in [2.75, 3.05) is 0 Å². The van der Waals surface area contributed by atoms with Crippen LogP contribution in [0.4, 0.5) is 0 Å². The Morgan fingerprint density at radius 2 is 1.61 bits per heavy atom. The normalized spacial score (nSPS) is 11.0. The second-order valence-electron chi connectivity index (χ2n) is 4.92. The number of hydrogen-bond acceptors (Lipinski definition) is 3. The van der Waals surface area contributed by atoms with Gasteiger partial charge in [-0.15, -0.1) is 0 Å². The van der Waals surface area contributed by atoms with Gasteiger partial charge >= 0.3 is 0 Å². The molecular weight excluding hydrogens is 292 g/mol. The summed E-state index contributed by atoms with van der Waals surface area (Å²) in [5, 5.41) is 12.7. The number of nitrogens with zero attached hydrogens (tertiary/aromatic N) is 1. The van der Waals surface area contributed by atoms with Gasteiger partial charge in [-0.2, -0.15) is 0 Å². The van der Waals surface area contributed by atoms with E-state index in [1.54, 1.807) is 30.3 Å². The number of ketones is 1. The predicted molar refractivity (Wildman–Crippen MR) is 87.9 cm³/mol. The van der Waals surface area contributed by atoms with Crippen LogP contribution < -0.4 is 5.56 Å². The number of aromatic nitrogens is 2. The van der Waals surface area contributed by atoms with E-state index in [1.165, 1.54) is 10.8 Å². The Hall–Kier alpha value is -3.34. The Bertz CT molecular complexity index is 906. The standard InChI is InChI=1S/C18H14N2O3/c21-15(12-11-13-7-3-1-4-8-13)16-17(22)19-20(18(16)23)14-9-5-2-6-10-14/h1-12,23H,(H,19,22)/b12-11+. The fourth-order valence-corrected chi connectivity index (χ4v) is 2.23. The SMILES string of the molecule is O=C(/C=C/c1ccccc1)c1c(O)n(-c2ccccc2)[nH]c1=O. The van der Waals surface area contributed by atoms with Crippen molar-refractivity contribution >= 4 is 11.9 Å². The van der Waals surface area contributed by atoms with Crippen molar-refractivity contribution in [2.45, 2.75) is 0 Å². The minimum atomic E-state index is -0.630. The van der Waals surface area contributed by atoms with Crippen LogP contribution in [0.5, 0.6) is 5.88 Å². The molecule has 114 valence electrons. The van der Waals surface area contributed by atoms with Crippen molar-refractivity contribution in [3.8, 4) is 11.6 Å². The number of para-hydroxylation sites is 1. The molecule has 2 N–H and O–H groups in total. The average Bonchev–Trinajstić information content (AvgIpc) is 2.89. The van der Waals surface area contributed by atoms with E-state index < -0.39 is 17.2 Å². The summed E-state index contributed by atoms with van der Waals surface area (Å²) in [6, 6.07) is 18.0. The van der Waals surface area contributed by atoms with Gasteiger partial charge in [0.05, 0.1) is 5.69 Å². The van der Waals surface area contributed by atoms with Crippen molar-refractivity contribution in [1.82, 2.24) is 9.78 Å². The van der Waals surface area contributed by atoms with Crippen LogP contribution in [0.1, 0.15) is 15.9 Å². The first-order valence-electron chi connectivity index (χ1n) is 7.03. The number of aromatic amines is 1. The van der Waals surface area contributed by atoms with Crippen molar-refractivity contribution in [2.24, 2.45) is 0 Å². The summed E-state index contributed by atoms with van der Waals surface area (Å²) in [6.45, 7) is 0. The minimum absolute atomic E-state index is 0.277. The van der Waals surface area contributed by atoms with Gasteiger partial charge in [-0.1, -0.05) is 54.6 Å². The molecule has 0 aliphatic heterocycles. The second-order valence-corrected chi connectivity index (χ2v) is 4.92. The number of benzene rings is 2. The molecule has 0 atom stereocenters. The molecule has 0 fully saturated rings. The summed E-state index contributed by atoms with van der Waals surface area (Å²) in [5.74, 6) is -0.953. The van der Waals surface area contributed by atoms with Crippen LogP contribution in [0.25, 0.3) is 11.8 Å². The summed E-state index contributed by atoms with van der Waals surface area (Å²) < 4.78 is 1.19. The number of aromatic hydroxyl groups is 1. The van der Waals surface area contributed by atoms with Crippen LogP contribution in [0.3, 0.4) is 0 Å². The van der Waals surface area contributed by atoms with Gasteiger partial charge in [-0.05, 0) is 23.8 Å². The molecule has 0 spiro atoms. The first-order chi connectivity index (χ1) is 11.2. The van der Waals surface area contributed by atoms with Crippen molar-refractivity contribution < 1.29 is 9.90 Å². The summed E-state index contributed by atoms with van der Waals surface area (Å²) in [4.78, 5) is 24.2. The Morgan fingerprint density at radius 1 is 1.00 bits per heavy atom. The van der Waals surface area contributed by atoms with Crippen LogP contribution in [-0.2, 0) is 0 Å². The molecule has 3 rings (SSSR count). The van der Waals surface area contributed by atoms with Gasteiger partial charge in [0.25, 0.3) is 5.56 Å². The Morgan fingerprint density at radius 3 is 2.26 bits per heavy atom. The van der Waals surface area contributed by atoms with Crippen LogP contribution in [-0.4, -0.2) is 20.7 Å². The van der Waals surface area contributed by atoms with E-state index in [2.05, 4.69) is 5.10 Å². The summed E-state index contributed by atoms with van der Waals surface area (Å²) in [5.41, 5.74) is 0.488. The number of H-pyrrole nitrogens is 1. The first kappa shape index (κ1) is 14.6. The largest absolute Gasteiger partial charge is 0.493 e. The van der Waals surface area contributed by atoms with Gasteiger partial charge in [0.1, 0.15) is 0 Å². The Labute approximate surface area is 132 Å². The Balaban J connectivity index is 1.95. The topological polar surface area (TPSA) is 75.1 Å². The number of carbonyl (C=O) groups excluding carboxylic acids is 1. The zero-order chi connectivity index (χ0) is 16.2. The summed E-state index contributed by atoms with van der Waals surface area (Å²) in [6.07, 6.45) is 2.87. The molecule has 0 radical (unpaired) electrons. The molecule has 0 aliphatic carbocycles. The highest BCUT2D eigenvalue weighted by Gasteiger charge is 2.20. The molecule has 1 heterocycles. The third-order valence-electron chi connectivity index (χ3n) is 3.36. The van der Waals surface area contributed by atoms with Gasteiger partial charge in [-0.3, -0.25) is 14.7 Å². The van der Waals surface area contributed by atoms with E-state index in [4.69, 9.17) is 0 Å². The number of rotatable bonds is 4. The maximum atomic E-state index is 12.2. The summed E-state index contributed by atoms with van der Waals surface area (Å²) in [7, 11) is 0. The van der Waals surface area contributed by atoms with Crippen LogP contribution in [0.2, 0.25) is 0 Å². The van der Waals surface area contributed by atoms with Gasteiger partial charge < -0.3 is 5.11 Å². The average molecular weight is 306 g/mol. The molecule has 0 bridgehead atoms. The number of nitrogens with one attached hydrogen (secondary N) is 1. The Kier molecular flexibility index (Phi) is 3.93. The smallest absolute Gasteiger partial charge is 0.279 e. The fraction of sp³-hybridized carbons (Fsp3) is 0. The third-order valence-corrected chi connectivity index (χ3v) is 3.36. The molecule has 0 saturated carbocycles. The fourth-order valence-electron chi connectivity index (χ4n) is 2.23. The zero-order valence-electron chi connectivity index (χ0n) is 12.1. The van der Waals surface area contributed by atoms with Crippen LogP contribution in [0, 0.1) is 0 Å². The highest BCUT2D eigenvalue weighted by atomic mass is 16.3. The molecule has 1 aromatic heterocycles. The lowest BCUT2D eigenvalue weighted by Gasteiger charge is -2.03. The van der Waals surface area contributed by atoms with Gasteiger partial charge in [0, 0.05) is 0 Å². The lowest BCUT2D eigenvalue weighted by Crippen LogP contribution is -2.11. The van der Waals surface area contributed by atoms with E-state index in [-0.39, 0.29) is 5.56 Å². The highest BCUT2D eigenvalue weighted by Crippen LogP contribution is 2.19. The van der Waals surface area contributed by atoms with Gasteiger partial charge in [0.15, 0.2) is 11.3 Å². The lowest BCUT2D eigenvalue weighted by atomic mass is 10.1. The number of carbonyl (C=O) groups is 1. The molecule has 5 nitrogen and oxygen atoms in total. The predicted octanol–water partition coefficient (Wildman–Crippen LogP) is 2.77. The molecule has 0 unspecified atom stereocenters. The number of allylic oxidation sites excluding steroid dienone is 1. The van der Waals surface area contributed by atoms with Gasteiger partial charge in [0.2, 0.25) is 5.88 Å². The molecule has 0 aliphatic rings. The van der Waals surface area contributed by atoms with Crippen molar-refractivity contribution in [3.63, 3.8) is 0 Å². The molecular formula is C18H14N2O3. The van der Waals surface area contributed by atoms with E-state index >= 15 is 0 Å². The minimum Gasteiger partial charge on any atom is -0.493 e. The molecule has 0 amide bonds. The zero-order valence-corrected chi connectivity index (χ0v) is 12.1. The molecule has 3 aromatic rings. The number of hydrogen-bond donors (Lipinski definition) is 2. The van der Waals surface area contributed by atoms with Crippen LogP contribution in [0.15, 0.2) is 71.5 Å². The monoisotopic (exact) mass is 306 g/mol. The quantitative estimate of drug-likeness (QED) is 0.575. The summed E-state index contributed by atoms with van der Waals surface area (Å²) >= 11 is 0. The van der Waals surface area contributed by atoms with E-state index in [1.807, 2.05) is 36.4 Å². The van der Waals surface area contributed by atoms with Crippen molar-refractivity contribution in [1.29, 1.82) is 0 Å². The van der Waals surface area contributed by atoms with Gasteiger partial charge in [-0.25, -0.2) is 4.68 Å². The lowest BCUT2D eigenvalue weighted by molar-refractivity contribution is 0.104. The molecule has 5 heteroatoms. The molecule has 0 saturated heterocycles. The first-order valence-corrected chi connectivity index (χ1v) is 7.03. The second kappa shape index (κ2) is 6.19. The van der Waals surface area contributed by atoms with Crippen molar-refractivity contribution in [3.05, 3.63) is 88.2 Å². The maximum absolute atomic E-state index is 12.2. The van der Waals surface area contributed by atoms with E-state index in [0.717, 1.165) is 5.56 Å². The van der Waals surface area contributed by atoms with Crippen LogP contribution >= 0.6 is 0 Å². The highest BCUT2D eigenvalue weighted by molar-refractivity contribution is 6.08.